The van der Waals surface area contributed by atoms with Crippen LogP contribution in [-0.4, -0.2) is 162 Å². The van der Waals surface area contributed by atoms with Crippen molar-refractivity contribution >= 4 is 72.5 Å². The van der Waals surface area contributed by atoms with Crippen molar-refractivity contribution in [1.82, 2.24) is 73.1 Å². The van der Waals surface area contributed by atoms with Crippen molar-refractivity contribution < 1.29 is 38.4 Å². The summed E-state index contributed by atoms with van der Waals surface area (Å²) in [5.74, 6) is -2.30. The average molecular weight is 1400 g/mol. The van der Waals surface area contributed by atoms with E-state index in [9.17, 15) is 38.4 Å². The molecule has 552 valence electrons. The number of rotatable bonds is 66. The number of amides is 8. The molecule has 8 amide bonds. The van der Waals surface area contributed by atoms with Crippen LogP contribution in [0, 0.1) is 0 Å². The maximum Gasteiger partial charge on any atom is 0.244 e. The fourth-order valence-electron chi connectivity index (χ4n) is 10.9. The highest BCUT2D eigenvalue weighted by atomic mass is 32.1. The zero-order valence-electron chi connectivity index (χ0n) is 59.2. The molecule has 0 radical (unpaired) electrons. The summed E-state index contributed by atoms with van der Waals surface area (Å²) in [6, 6.07) is -3.70. The quantitative estimate of drug-likeness (QED) is 0.0168. The Hall–Kier alpha value is -5.76. The van der Waals surface area contributed by atoms with Crippen LogP contribution in [0.4, 0.5) is 0 Å². The number of aromatic nitrogens is 4. The van der Waals surface area contributed by atoms with Crippen molar-refractivity contribution in [2.75, 3.05) is 70.4 Å². The second-order valence-corrected chi connectivity index (χ2v) is 26.2. The van der Waals surface area contributed by atoms with Crippen LogP contribution in [0.5, 0.6) is 0 Å². The van der Waals surface area contributed by atoms with Crippen LogP contribution in [0.25, 0.3) is 0 Å². The van der Waals surface area contributed by atoms with Gasteiger partial charge in [0.05, 0.1) is 12.7 Å². The van der Waals surface area contributed by atoms with Crippen LogP contribution in [0.3, 0.4) is 0 Å². The van der Waals surface area contributed by atoms with Gasteiger partial charge in [0.1, 0.15) is 24.2 Å². The van der Waals surface area contributed by atoms with Gasteiger partial charge in [-0.15, -0.1) is 0 Å². The monoisotopic (exact) mass is 1400 g/mol. The predicted octanol–water partition coefficient (Wildman–Crippen LogP) is 8.50. The predicted molar refractivity (Wildman–Crippen MR) is 397 cm³/mol. The van der Waals surface area contributed by atoms with Crippen molar-refractivity contribution in [3.05, 3.63) is 60.7 Å². The van der Waals surface area contributed by atoms with Crippen LogP contribution < -0.4 is 58.9 Å². The Labute approximate surface area is 592 Å². The van der Waals surface area contributed by atoms with Crippen molar-refractivity contribution in [3.63, 3.8) is 0 Å². The molecular weight excluding hydrogens is 1270 g/mol. The zero-order valence-corrected chi connectivity index (χ0v) is 61.0. The molecule has 0 fully saturated rings. The van der Waals surface area contributed by atoms with E-state index in [0.717, 1.165) is 148 Å². The molecule has 2 aromatic rings. The van der Waals surface area contributed by atoms with Crippen molar-refractivity contribution in [2.45, 2.75) is 275 Å². The minimum Gasteiger partial charge on any atom is -0.354 e. The first-order valence-corrected chi connectivity index (χ1v) is 38.5. The summed E-state index contributed by atoms with van der Waals surface area (Å²) in [6.45, 7) is 7.40. The standard InChI is InChI=1S/C72H129N15O8S2/c1-2-3-4-5-6-7-8-9-13-17-20-23-26-29-32-39-67(90)84-63(55-96)71(94)86-61(51-59-53-76-57-82-59)69(92)80-49-47-78-65(88)38-31-28-25-22-19-16-14-11-10-12-15-18-21-24-27-30-33-40-68(91)85-64(56-97)72(95)87-62(52-60-54-77-58-83-60)70(93)81-50-48-79-66(89)41-36-45-74-43-34-35-44-75-46-37-42-73/h9,12-13,15,53-54,57-58,61-64,74-75,96-97H,2-8,10-11,14,16-52,55-56,73H2,1H3,(H,76,82)(H,77,83)(H,78,88)(H,79,89)(H,80,92)(H,81,93)(H,84,90)(H,85,91)(H,86,94)(H,87,95)/b13-9-,15-12-. The van der Waals surface area contributed by atoms with Gasteiger partial charge in [-0.25, -0.2) is 9.97 Å². The number of thiol groups is 2. The number of nitrogens with one attached hydrogen (secondary N) is 12. The van der Waals surface area contributed by atoms with Crippen LogP contribution in [0.1, 0.15) is 249 Å². The van der Waals surface area contributed by atoms with Crippen LogP contribution in [0.2, 0.25) is 0 Å². The second kappa shape index (κ2) is 62.5. The van der Waals surface area contributed by atoms with E-state index in [-0.39, 0.29) is 74.2 Å². The number of allylic oxidation sites excluding steroid dienone is 4. The summed E-state index contributed by atoms with van der Waals surface area (Å²) in [4.78, 5) is 118. The molecule has 0 aromatic carbocycles. The minimum atomic E-state index is -0.946. The van der Waals surface area contributed by atoms with Gasteiger partial charge in [-0.05, 0) is 129 Å². The van der Waals surface area contributed by atoms with Gasteiger partial charge < -0.3 is 68.9 Å². The van der Waals surface area contributed by atoms with Crippen LogP contribution in [0.15, 0.2) is 49.4 Å². The molecule has 2 aromatic heterocycles. The summed E-state index contributed by atoms with van der Waals surface area (Å²) < 4.78 is 0. The van der Waals surface area contributed by atoms with Crippen LogP contribution in [-0.2, 0) is 51.2 Å². The van der Waals surface area contributed by atoms with E-state index in [1.807, 2.05) is 0 Å². The number of carbonyl (C=O) groups is 8. The van der Waals surface area contributed by atoms with Crippen molar-refractivity contribution in [1.29, 1.82) is 0 Å². The lowest BCUT2D eigenvalue weighted by Crippen LogP contribution is -2.55. The maximum atomic E-state index is 13.3. The van der Waals surface area contributed by atoms with Gasteiger partial charge in [-0.2, -0.15) is 25.3 Å². The Morgan fingerprint density at radius 2 is 0.711 bits per heavy atom. The molecule has 4 unspecified atom stereocenters. The number of nitrogens with zero attached hydrogens (tertiary/aromatic N) is 2. The molecule has 0 spiro atoms. The van der Waals surface area contributed by atoms with E-state index in [1.54, 1.807) is 12.4 Å². The van der Waals surface area contributed by atoms with Crippen molar-refractivity contribution in [3.8, 4) is 0 Å². The second-order valence-electron chi connectivity index (χ2n) is 25.5. The number of aromatic amines is 2. The number of hydrogen-bond donors (Lipinski definition) is 15. The van der Waals surface area contributed by atoms with E-state index < -0.39 is 47.8 Å². The van der Waals surface area contributed by atoms with Gasteiger partial charge in [-0.3, -0.25) is 38.4 Å². The fourth-order valence-corrected chi connectivity index (χ4v) is 11.5. The van der Waals surface area contributed by atoms with Gasteiger partial charge in [0, 0.05) is 100.0 Å². The molecule has 2 rings (SSSR count). The highest BCUT2D eigenvalue weighted by Crippen LogP contribution is 2.14. The summed E-state index contributed by atoms with van der Waals surface area (Å²) in [7, 11) is 0. The van der Waals surface area contributed by atoms with E-state index >= 15 is 0 Å². The molecule has 0 aliphatic heterocycles. The Bertz CT molecular complexity index is 2380. The number of H-pyrrole nitrogens is 2. The molecule has 0 saturated carbocycles. The number of carbonyl (C=O) groups excluding carboxylic acids is 8. The van der Waals surface area contributed by atoms with Gasteiger partial charge in [0.2, 0.25) is 47.3 Å². The Morgan fingerprint density at radius 3 is 1.07 bits per heavy atom. The average Bonchev–Trinajstić information content (AvgIpc) is 2.09. The molecular formula is C72H129N15O8S2. The first kappa shape index (κ1) is 87.3. The number of imidazole rings is 2. The summed E-state index contributed by atoms with van der Waals surface area (Å²) in [5.41, 5.74) is 6.82. The first-order chi connectivity index (χ1) is 47.4. The molecule has 4 atom stereocenters. The van der Waals surface area contributed by atoms with E-state index in [2.05, 4.69) is 130 Å². The molecule has 25 heteroatoms. The summed E-state index contributed by atoms with van der Waals surface area (Å²) in [6.07, 6.45) is 51.9. The molecule has 0 bridgehead atoms. The highest BCUT2D eigenvalue weighted by Gasteiger charge is 2.28. The molecule has 23 nitrogen and oxygen atoms in total. The zero-order chi connectivity index (χ0) is 70.3. The normalized spacial score (nSPS) is 12.7. The fraction of sp³-hybridized carbons (Fsp3) is 0.750. The lowest BCUT2D eigenvalue weighted by atomic mass is 10.1. The van der Waals surface area contributed by atoms with Crippen LogP contribution >= 0.6 is 25.3 Å². The number of unbranched alkanes of at least 4 members (excludes halogenated alkanes) is 25. The number of nitrogens with two attached hydrogens (primary N) is 1. The molecule has 0 saturated heterocycles. The molecule has 0 aliphatic carbocycles. The number of hydrogen-bond acceptors (Lipinski definition) is 15. The SMILES string of the molecule is CCCCCCCC/C=C\CCCCCCCC(=O)NC(CS)C(=O)NC(Cc1cnc[nH]1)C(=O)NCCNC(=O)CCCCCCCCCC/C=C\CCCCCCCC(=O)NC(CS)C(=O)NC(Cc1cnc[nH]1)C(=O)NCCNC(=O)CCCNCCCCNCCCN. The molecule has 2 heterocycles. The third-order valence-electron chi connectivity index (χ3n) is 16.8. The van der Waals surface area contributed by atoms with Gasteiger partial charge in [0.15, 0.2) is 0 Å². The molecule has 97 heavy (non-hydrogen) atoms. The Morgan fingerprint density at radius 1 is 0.381 bits per heavy atom. The first-order valence-electron chi connectivity index (χ1n) is 37.3. The molecule has 14 N–H and O–H groups in total. The largest absolute Gasteiger partial charge is 0.354 e. The smallest absolute Gasteiger partial charge is 0.244 e. The minimum absolute atomic E-state index is 0.0586. The Balaban J connectivity index is 1.48. The summed E-state index contributed by atoms with van der Waals surface area (Å²) in [5, 5.41) is 29.3. The highest BCUT2D eigenvalue weighted by molar-refractivity contribution is 7.80. The lowest BCUT2D eigenvalue weighted by Gasteiger charge is -2.22. The van der Waals surface area contributed by atoms with E-state index in [0.29, 0.717) is 56.5 Å². The van der Waals surface area contributed by atoms with Gasteiger partial charge in [-0.1, -0.05) is 140 Å². The third-order valence-corrected chi connectivity index (χ3v) is 17.5. The maximum absolute atomic E-state index is 13.3. The topological polar surface area (TPSA) is 340 Å². The molecule has 0 aliphatic rings. The summed E-state index contributed by atoms with van der Waals surface area (Å²) >= 11 is 8.66. The van der Waals surface area contributed by atoms with Crippen molar-refractivity contribution in [2.24, 2.45) is 5.73 Å². The van der Waals surface area contributed by atoms with E-state index in [1.165, 1.54) is 83.3 Å². The lowest BCUT2D eigenvalue weighted by molar-refractivity contribution is -0.131. The van der Waals surface area contributed by atoms with E-state index in [4.69, 9.17) is 5.73 Å². The van der Waals surface area contributed by atoms with Gasteiger partial charge in [0.25, 0.3) is 0 Å². The Kier molecular flexibility index (Phi) is 56.3. The third kappa shape index (κ3) is 50.3. The van der Waals surface area contributed by atoms with Gasteiger partial charge >= 0.3 is 0 Å².